The fourth-order valence-electron chi connectivity index (χ4n) is 17.9. The van der Waals surface area contributed by atoms with Gasteiger partial charge in [0.05, 0.1) is 22.1 Å². The topological polar surface area (TPSA) is 48.5 Å². The molecule has 0 saturated heterocycles. The van der Waals surface area contributed by atoms with Gasteiger partial charge < -0.3 is 0 Å². The van der Waals surface area contributed by atoms with Crippen molar-refractivity contribution in [2.24, 2.45) is 0 Å². The van der Waals surface area contributed by atoms with E-state index in [0.717, 1.165) is 27.6 Å². The van der Waals surface area contributed by atoms with Gasteiger partial charge in [0.25, 0.3) is 0 Å². The highest BCUT2D eigenvalue weighted by Crippen LogP contribution is 2.59. The molecule has 8 aromatic carbocycles. The molecule has 3 fully saturated rings. The van der Waals surface area contributed by atoms with E-state index in [2.05, 4.69) is 227 Å². The van der Waals surface area contributed by atoms with Gasteiger partial charge in [-0.05, 0) is 188 Å². The van der Waals surface area contributed by atoms with Gasteiger partial charge in [-0.3, -0.25) is 9.13 Å². The number of para-hydroxylation sites is 4. The number of fused-ring (bicyclic) bond motifs is 12. The first-order chi connectivity index (χ1) is 39.2. The molecule has 0 N–H and O–H groups in total. The van der Waals surface area contributed by atoms with Crippen LogP contribution in [0.1, 0.15) is 152 Å². The lowest BCUT2D eigenvalue weighted by atomic mass is 9.52. The molecule has 3 heterocycles. The van der Waals surface area contributed by atoms with Crippen LogP contribution < -0.4 is 20.7 Å². The summed E-state index contributed by atoms with van der Waals surface area (Å²) in [5, 5.41) is 10.6. The van der Waals surface area contributed by atoms with Crippen LogP contribution in [0.25, 0.3) is 66.9 Å². The maximum atomic E-state index is 5.70. The molecule has 0 amide bonds. The van der Waals surface area contributed by atoms with Crippen LogP contribution in [0.5, 0.6) is 0 Å². The van der Waals surface area contributed by atoms with Crippen LogP contribution in [-0.2, 0) is 32.5 Å². The van der Waals surface area contributed by atoms with Gasteiger partial charge in [0, 0.05) is 27.1 Å². The predicted molar refractivity (Wildman–Crippen MR) is 337 cm³/mol. The molecule has 6 bridgehead atoms. The van der Waals surface area contributed by atoms with Crippen molar-refractivity contribution in [1.82, 2.24) is 24.1 Å². The summed E-state index contributed by atoms with van der Waals surface area (Å²) in [5.41, 5.74) is 15.9. The van der Waals surface area contributed by atoms with Crippen LogP contribution in [0.2, 0.25) is 0 Å². The lowest BCUT2D eigenvalue weighted by Gasteiger charge is -2.53. The second-order valence-corrected chi connectivity index (χ2v) is 31.8. The maximum Gasteiger partial charge on any atom is 0.240 e. The number of benzene rings is 8. The van der Waals surface area contributed by atoms with Gasteiger partial charge in [0.15, 0.2) is 13.9 Å². The lowest BCUT2D eigenvalue weighted by molar-refractivity contribution is 0.188. The molecule has 81 heavy (non-hydrogen) atoms. The Morgan fingerprint density at radius 3 is 0.926 bits per heavy atom. The summed E-state index contributed by atoms with van der Waals surface area (Å²) in [4.78, 5) is 17.0. The molecule has 5 nitrogen and oxygen atoms in total. The highest BCUT2D eigenvalue weighted by molar-refractivity contribution is 7.20. The molecule has 6 heteroatoms. The molecule has 0 spiro atoms. The fourth-order valence-corrected chi connectivity index (χ4v) is 22.7. The van der Waals surface area contributed by atoms with Gasteiger partial charge in [-0.25, -0.2) is 0 Å². The van der Waals surface area contributed by atoms with E-state index in [9.17, 15) is 0 Å². The molecule has 0 radical (unpaired) electrons. The molecule has 0 atom stereocenters. The van der Waals surface area contributed by atoms with Crippen molar-refractivity contribution in [1.29, 1.82) is 0 Å². The van der Waals surface area contributed by atoms with Crippen molar-refractivity contribution < 1.29 is 0 Å². The maximum absolute atomic E-state index is 5.70. The Balaban J connectivity index is 0.977. The molecular weight excluding hydrogens is 999 g/mol. The first-order valence-electron chi connectivity index (χ1n) is 30.5. The molecule has 9 aliphatic carbocycles. The van der Waals surface area contributed by atoms with E-state index in [-0.39, 0.29) is 32.5 Å². The smallest absolute Gasteiger partial charge is 0.240 e. The zero-order valence-electron chi connectivity index (χ0n) is 48.0. The summed E-state index contributed by atoms with van der Waals surface area (Å²) in [6.45, 7) is 15.5. The summed E-state index contributed by atoms with van der Waals surface area (Å²) in [7, 11) is -3.26. The molecular formula is C75H71N5Si. The first kappa shape index (κ1) is 48.3. The third-order valence-electron chi connectivity index (χ3n) is 23.4. The van der Waals surface area contributed by atoms with Gasteiger partial charge in [0.1, 0.15) is 0 Å². The third kappa shape index (κ3) is 6.52. The minimum Gasteiger partial charge on any atom is -0.278 e. The fraction of sp³-hybridized carbons (Fsp3) is 0.320. The van der Waals surface area contributed by atoms with Gasteiger partial charge >= 0.3 is 0 Å². The Bertz CT molecular complexity index is 4050. The summed E-state index contributed by atoms with van der Waals surface area (Å²) in [6.07, 6.45) is 15.1. The Hall–Kier alpha value is -7.41. The second-order valence-electron chi connectivity index (χ2n) is 28.0. The summed E-state index contributed by atoms with van der Waals surface area (Å²) in [5.74, 6) is 1.87. The van der Waals surface area contributed by atoms with Crippen molar-refractivity contribution >= 4 is 72.4 Å². The van der Waals surface area contributed by atoms with E-state index >= 15 is 0 Å². The summed E-state index contributed by atoms with van der Waals surface area (Å²) >= 11 is 0. The number of rotatable bonds is 7. The summed E-state index contributed by atoms with van der Waals surface area (Å²) in [6, 6.07) is 68.6. The normalized spacial score (nSPS) is 27.7. The predicted octanol–water partition coefficient (Wildman–Crippen LogP) is 15.4. The monoisotopic (exact) mass is 1070 g/mol. The van der Waals surface area contributed by atoms with Gasteiger partial charge in [-0.2, -0.15) is 15.0 Å². The van der Waals surface area contributed by atoms with E-state index in [4.69, 9.17) is 15.0 Å². The Morgan fingerprint density at radius 1 is 0.296 bits per heavy atom. The van der Waals surface area contributed by atoms with Crippen LogP contribution in [0.3, 0.4) is 0 Å². The highest BCUT2D eigenvalue weighted by atomic mass is 28.3. The van der Waals surface area contributed by atoms with Crippen molar-refractivity contribution in [2.45, 2.75) is 151 Å². The Labute approximate surface area is 477 Å². The largest absolute Gasteiger partial charge is 0.278 e. The molecule has 0 unspecified atom stereocenters. The minimum atomic E-state index is -3.26. The Kier molecular flexibility index (Phi) is 9.78. The lowest BCUT2D eigenvalue weighted by Crippen LogP contribution is -2.75. The van der Waals surface area contributed by atoms with E-state index in [1.165, 1.54) is 119 Å². The molecule has 11 aromatic rings. The van der Waals surface area contributed by atoms with Crippen LogP contribution in [0.15, 0.2) is 176 Å². The van der Waals surface area contributed by atoms with Crippen LogP contribution >= 0.6 is 0 Å². The van der Waals surface area contributed by atoms with Crippen molar-refractivity contribution in [3.8, 4) is 23.3 Å². The third-order valence-corrected chi connectivity index (χ3v) is 28.1. The molecule has 0 aliphatic heterocycles. The Morgan fingerprint density at radius 2 is 0.593 bits per heavy atom. The van der Waals surface area contributed by atoms with Crippen molar-refractivity contribution in [2.75, 3.05) is 0 Å². The number of hydrogen-bond acceptors (Lipinski definition) is 3. The number of nitrogens with zero attached hydrogens (tertiary/aromatic N) is 5. The zero-order valence-corrected chi connectivity index (χ0v) is 49.0. The van der Waals surface area contributed by atoms with Crippen LogP contribution in [-0.4, -0.2) is 32.2 Å². The van der Waals surface area contributed by atoms with Gasteiger partial charge in [0.2, 0.25) is 11.9 Å². The van der Waals surface area contributed by atoms with Crippen molar-refractivity contribution in [3.05, 3.63) is 209 Å². The van der Waals surface area contributed by atoms with Crippen LogP contribution in [0, 0.1) is 0 Å². The van der Waals surface area contributed by atoms with Gasteiger partial charge in [-0.1, -0.05) is 193 Å². The van der Waals surface area contributed by atoms with E-state index in [0.29, 0.717) is 17.7 Å². The molecule has 9 aliphatic rings. The first-order valence-corrected chi connectivity index (χ1v) is 32.5. The van der Waals surface area contributed by atoms with E-state index < -0.39 is 8.07 Å². The highest BCUT2D eigenvalue weighted by Gasteiger charge is 2.54. The standard InChI is InChI=1S/C75H71N5Si/c1-70-32-38-73(4,39-33-70)60-45-50(26-29-57(60)70)81(51-27-30-58-61(46-51)74(5)40-34-71(58,2)35-41-74,52-28-31-59-62(47-52)75(6)42-36-72(59,3)37-43-75)49-17-15-16-48(44-49)67-76-68(79-63-22-11-7-18-53(63)54-19-8-12-23-64(54)79)78-69(77-67)80-65-24-13-9-20-55(65)56-21-10-14-25-66(56)80/h7-31,44-47H,32-43H2,1-6H3. The molecule has 20 rings (SSSR count). The van der Waals surface area contributed by atoms with E-state index in [1.54, 1.807) is 33.4 Å². The summed E-state index contributed by atoms with van der Waals surface area (Å²) < 4.78 is 4.53. The minimum absolute atomic E-state index is 0.149. The average Bonchev–Trinajstić information content (AvgIpc) is 4.11. The second kappa shape index (κ2) is 16.4. The molecule has 400 valence electrons. The number of aromatic nitrogens is 5. The molecule has 3 aromatic heterocycles. The average molecular weight is 1070 g/mol. The number of hydrogen-bond donors (Lipinski definition) is 0. The quantitative estimate of drug-likeness (QED) is 0.118. The van der Waals surface area contributed by atoms with E-state index in [1.807, 2.05) is 0 Å². The zero-order chi connectivity index (χ0) is 54.5. The van der Waals surface area contributed by atoms with Crippen molar-refractivity contribution in [3.63, 3.8) is 0 Å². The SMILES string of the molecule is CC12CCC(C)(CC1)c1cc([Si](c3cccc(-c4nc(-n5c6ccccc6c6ccccc65)nc(-n5c6ccccc6c6ccccc65)n4)c3)(c3ccc4c(c3)C3(C)CCC4(C)CC3)c3ccc4c(c3)C3(C)CCC4(C)CC3)ccc12. The van der Waals surface area contributed by atoms with Gasteiger partial charge in [-0.15, -0.1) is 0 Å². The molecule has 3 saturated carbocycles. The van der Waals surface area contributed by atoms with Crippen LogP contribution in [0.4, 0.5) is 0 Å².